The molecule has 3 nitrogen and oxygen atoms in total. The second kappa shape index (κ2) is 10.5. The lowest BCUT2D eigenvalue weighted by Gasteiger charge is -2.14. The summed E-state index contributed by atoms with van der Waals surface area (Å²) in [6, 6.07) is 5.18. The van der Waals surface area contributed by atoms with Crippen molar-refractivity contribution >= 4 is 34.7 Å². The molecule has 0 fully saturated rings. The van der Waals surface area contributed by atoms with E-state index in [0.717, 1.165) is 29.6 Å². The number of halogens is 2. The van der Waals surface area contributed by atoms with E-state index in [1.165, 1.54) is 0 Å². The Labute approximate surface area is 154 Å². The molecule has 0 saturated heterocycles. The Kier molecular flexibility index (Phi) is 9.12. The number of esters is 1. The molecule has 1 aromatic carbocycles. The van der Waals surface area contributed by atoms with Crippen LogP contribution >= 0.6 is 23.2 Å². The van der Waals surface area contributed by atoms with Gasteiger partial charge in [0, 0.05) is 16.1 Å². The van der Waals surface area contributed by atoms with E-state index in [9.17, 15) is 4.79 Å². The predicted octanol–water partition coefficient (Wildman–Crippen LogP) is 5.40. The van der Waals surface area contributed by atoms with Crippen molar-refractivity contribution in [1.29, 1.82) is 0 Å². The highest BCUT2D eigenvalue weighted by Gasteiger charge is 2.13. The highest BCUT2D eigenvalue weighted by molar-refractivity contribution is 6.34. The average molecular weight is 370 g/mol. The van der Waals surface area contributed by atoms with Crippen molar-refractivity contribution in [2.24, 2.45) is 5.73 Å². The third kappa shape index (κ3) is 7.08. The summed E-state index contributed by atoms with van der Waals surface area (Å²) in [6.07, 6.45) is 4.41. The van der Waals surface area contributed by atoms with Crippen molar-refractivity contribution in [3.8, 4) is 0 Å². The van der Waals surface area contributed by atoms with E-state index >= 15 is 0 Å². The Morgan fingerprint density at radius 1 is 1.33 bits per heavy atom. The Morgan fingerprint density at radius 2 is 2.04 bits per heavy atom. The van der Waals surface area contributed by atoms with Crippen molar-refractivity contribution in [2.75, 3.05) is 6.61 Å². The molecule has 0 heterocycles. The Morgan fingerprint density at radius 3 is 2.67 bits per heavy atom. The molecule has 5 heteroatoms. The van der Waals surface area contributed by atoms with Gasteiger partial charge in [-0.3, -0.25) is 4.79 Å². The van der Waals surface area contributed by atoms with Crippen molar-refractivity contribution in [3.63, 3.8) is 0 Å². The Hall–Kier alpha value is -1.29. The zero-order chi connectivity index (χ0) is 18.1. The van der Waals surface area contributed by atoms with E-state index in [0.29, 0.717) is 23.1 Å². The maximum Gasteiger partial charge on any atom is 0.307 e. The van der Waals surface area contributed by atoms with E-state index in [-0.39, 0.29) is 18.4 Å². The number of hydrogen-bond acceptors (Lipinski definition) is 3. The largest absolute Gasteiger partial charge is 0.466 e. The number of nitrogens with two attached hydrogens (primary N) is 1. The molecule has 24 heavy (non-hydrogen) atoms. The molecule has 0 bridgehead atoms. The normalized spacial score (nSPS) is 12.8. The minimum Gasteiger partial charge on any atom is -0.466 e. The average Bonchev–Trinajstić information content (AvgIpc) is 2.51. The van der Waals surface area contributed by atoms with Crippen molar-refractivity contribution in [1.82, 2.24) is 0 Å². The number of ether oxygens (including phenoxy) is 1. The lowest BCUT2D eigenvalue weighted by atomic mass is 9.95. The lowest BCUT2D eigenvalue weighted by Crippen LogP contribution is -2.25. The first kappa shape index (κ1) is 20.8. The zero-order valence-corrected chi connectivity index (χ0v) is 15.8. The molecule has 0 amide bonds. The summed E-state index contributed by atoms with van der Waals surface area (Å²) < 4.78 is 4.91. The van der Waals surface area contributed by atoms with E-state index in [4.69, 9.17) is 33.7 Å². The fraction of sp³-hybridized carbons (Fsp3) is 0.421. The fourth-order valence-corrected chi connectivity index (χ4v) is 2.88. The summed E-state index contributed by atoms with van der Waals surface area (Å²) in [6.45, 7) is 8.20. The van der Waals surface area contributed by atoms with Crippen molar-refractivity contribution in [3.05, 3.63) is 52.0 Å². The van der Waals surface area contributed by atoms with Crippen LogP contribution in [-0.4, -0.2) is 18.6 Å². The summed E-state index contributed by atoms with van der Waals surface area (Å²) in [7, 11) is 0. The summed E-state index contributed by atoms with van der Waals surface area (Å²) in [5.41, 5.74) is 9.04. The van der Waals surface area contributed by atoms with Crippen molar-refractivity contribution < 1.29 is 9.53 Å². The fourth-order valence-electron chi connectivity index (χ4n) is 2.47. The summed E-state index contributed by atoms with van der Waals surface area (Å²) in [5.74, 6) is -0.266. The Bertz CT molecular complexity index is 611. The number of hydrogen-bond donors (Lipinski definition) is 1. The third-order valence-corrected chi connectivity index (χ3v) is 4.22. The van der Waals surface area contributed by atoms with Crippen LogP contribution in [0.15, 0.2) is 36.4 Å². The monoisotopic (exact) mass is 369 g/mol. The summed E-state index contributed by atoms with van der Waals surface area (Å²) >= 11 is 12.3. The summed E-state index contributed by atoms with van der Waals surface area (Å²) in [5, 5.41) is 1.33. The van der Waals surface area contributed by atoms with Gasteiger partial charge in [-0.25, -0.2) is 0 Å². The standard InChI is InChI=1S/C19H25Cl2NO2/c1-4-14(17-11-15(20)8-9-18(17)21)7-6-13(3)10-16(22)12-19(23)24-5-2/h4,8-9,11,16H,3,5-7,10,12,22H2,1-2H3/b14-4+/t16-/m1/s1. The molecule has 0 aliphatic carbocycles. The molecule has 0 radical (unpaired) electrons. The number of benzene rings is 1. The van der Waals surface area contributed by atoms with Gasteiger partial charge in [0.1, 0.15) is 0 Å². The second-order valence-corrected chi connectivity index (χ2v) is 6.51. The van der Waals surface area contributed by atoms with Crippen LogP contribution in [0.2, 0.25) is 10.0 Å². The lowest BCUT2D eigenvalue weighted by molar-refractivity contribution is -0.143. The minimum atomic E-state index is -0.266. The van der Waals surface area contributed by atoms with Crippen LogP contribution in [0, 0.1) is 0 Å². The third-order valence-electron chi connectivity index (χ3n) is 3.66. The first-order valence-corrected chi connectivity index (χ1v) is 8.81. The number of carbonyl (C=O) groups is 1. The molecule has 0 aliphatic heterocycles. The van der Waals surface area contributed by atoms with Crippen LogP contribution in [0.5, 0.6) is 0 Å². The molecule has 132 valence electrons. The van der Waals surface area contributed by atoms with Crippen LogP contribution < -0.4 is 5.73 Å². The van der Waals surface area contributed by atoms with E-state index in [1.807, 2.05) is 19.1 Å². The molecule has 1 atom stereocenters. The van der Waals surface area contributed by atoms with Gasteiger partial charge >= 0.3 is 5.97 Å². The van der Waals surface area contributed by atoms with Gasteiger partial charge in [-0.15, -0.1) is 0 Å². The molecule has 2 N–H and O–H groups in total. The van der Waals surface area contributed by atoms with E-state index in [2.05, 4.69) is 6.58 Å². The van der Waals surface area contributed by atoms with Gasteiger partial charge in [-0.05, 0) is 62.4 Å². The molecule has 0 saturated carbocycles. The number of carbonyl (C=O) groups excluding carboxylic acids is 1. The smallest absolute Gasteiger partial charge is 0.307 e. The molecule has 0 unspecified atom stereocenters. The van der Waals surface area contributed by atoms with Crippen LogP contribution in [0.4, 0.5) is 0 Å². The highest BCUT2D eigenvalue weighted by atomic mass is 35.5. The topological polar surface area (TPSA) is 52.3 Å². The van der Waals surface area contributed by atoms with Crippen LogP contribution in [0.3, 0.4) is 0 Å². The number of allylic oxidation sites excluding steroid dienone is 2. The van der Waals surface area contributed by atoms with E-state index in [1.54, 1.807) is 19.1 Å². The first-order chi connectivity index (χ1) is 11.4. The van der Waals surface area contributed by atoms with Gasteiger partial charge in [0.05, 0.1) is 13.0 Å². The molecule has 1 aromatic rings. The van der Waals surface area contributed by atoms with Crippen LogP contribution in [0.25, 0.3) is 5.57 Å². The minimum absolute atomic E-state index is 0.212. The summed E-state index contributed by atoms with van der Waals surface area (Å²) in [4.78, 5) is 11.4. The quantitative estimate of drug-likeness (QED) is 0.467. The first-order valence-electron chi connectivity index (χ1n) is 8.05. The SMILES string of the molecule is C=C(CC/C(=C\C)c1cc(Cl)ccc1Cl)C[C@@H](N)CC(=O)OCC. The van der Waals surface area contributed by atoms with Gasteiger partial charge in [-0.2, -0.15) is 0 Å². The zero-order valence-electron chi connectivity index (χ0n) is 14.3. The van der Waals surface area contributed by atoms with Gasteiger partial charge in [-0.1, -0.05) is 41.4 Å². The second-order valence-electron chi connectivity index (χ2n) is 5.66. The van der Waals surface area contributed by atoms with Gasteiger partial charge in [0.2, 0.25) is 0 Å². The molecular formula is C19H25Cl2NO2. The predicted molar refractivity (Wildman–Crippen MR) is 102 cm³/mol. The van der Waals surface area contributed by atoms with E-state index < -0.39 is 0 Å². The maximum atomic E-state index is 11.4. The molecule has 0 aliphatic rings. The molecular weight excluding hydrogens is 345 g/mol. The van der Waals surface area contributed by atoms with Gasteiger partial charge in [0.25, 0.3) is 0 Å². The maximum absolute atomic E-state index is 11.4. The molecule has 0 aromatic heterocycles. The number of rotatable bonds is 9. The van der Waals surface area contributed by atoms with Crippen molar-refractivity contribution in [2.45, 2.75) is 45.6 Å². The van der Waals surface area contributed by atoms with Crippen LogP contribution in [-0.2, 0) is 9.53 Å². The molecule has 0 spiro atoms. The highest BCUT2D eigenvalue weighted by Crippen LogP contribution is 2.31. The van der Waals surface area contributed by atoms with Gasteiger partial charge < -0.3 is 10.5 Å². The molecule has 1 rings (SSSR count). The Balaban J connectivity index is 2.56. The van der Waals surface area contributed by atoms with Gasteiger partial charge in [0.15, 0.2) is 0 Å². The van der Waals surface area contributed by atoms with Crippen LogP contribution in [0.1, 0.15) is 45.1 Å².